The summed E-state index contributed by atoms with van der Waals surface area (Å²) < 4.78 is 22.4. The summed E-state index contributed by atoms with van der Waals surface area (Å²) >= 11 is 0. The van der Waals surface area contributed by atoms with Crippen LogP contribution in [0.1, 0.15) is 18.3 Å². The van der Waals surface area contributed by atoms with Gasteiger partial charge in [0.05, 0.1) is 22.0 Å². The van der Waals surface area contributed by atoms with E-state index in [2.05, 4.69) is 15.7 Å². The van der Waals surface area contributed by atoms with Crippen molar-refractivity contribution < 1.29 is 13.2 Å². The fourth-order valence-corrected chi connectivity index (χ4v) is 2.33. The van der Waals surface area contributed by atoms with Gasteiger partial charge in [0, 0.05) is 11.8 Å². The molecule has 22 heavy (non-hydrogen) atoms. The minimum atomic E-state index is -3.66. The Hall–Kier alpha value is -2.32. The first-order valence-corrected chi connectivity index (χ1v) is 7.99. The summed E-state index contributed by atoms with van der Waals surface area (Å²) in [6.07, 6.45) is 2.71. The highest BCUT2D eigenvalue weighted by Gasteiger charge is 2.10. The molecule has 0 atom stereocenters. The summed E-state index contributed by atoms with van der Waals surface area (Å²) in [6, 6.07) is 6.34. The van der Waals surface area contributed by atoms with Gasteiger partial charge in [-0.1, -0.05) is 19.1 Å². The Balaban J connectivity index is 0.000000745. The Bertz CT molecular complexity index is 743. The average molecular weight is 322 g/mol. The first-order chi connectivity index (χ1) is 10.3. The average Bonchev–Trinajstić information content (AvgIpc) is 2.47. The van der Waals surface area contributed by atoms with Gasteiger partial charge in [-0.25, -0.2) is 13.6 Å². The molecule has 0 radical (unpaired) electrons. The van der Waals surface area contributed by atoms with Crippen LogP contribution in [0.4, 0.5) is 0 Å². The van der Waals surface area contributed by atoms with Gasteiger partial charge in [0.2, 0.25) is 16.4 Å². The van der Waals surface area contributed by atoms with E-state index in [1.165, 1.54) is 12.1 Å². The van der Waals surface area contributed by atoms with Gasteiger partial charge < -0.3 is 5.73 Å². The highest BCUT2D eigenvalue weighted by Crippen LogP contribution is 2.22. The van der Waals surface area contributed by atoms with E-state index in [1.54, 1.807) is 18.3 Å². The van der Waals surface area contributed by atoms with E-state index in [0.29, 0.717) is 0 Å². The third kappa shape index (κ3) is 4.61. The first kappa shape index (κ1) is 17.7. The highest BCUT2D eigenvalue weighted by atomic mass is 32.2. The molecular formula is C14H18N4O3S. The SMILES string of the molecule is CCc1nc(C)cnc1-c1ccc(S(N)(=O)=O)cc1.NC=O. The van der Waals surface area contributed by atoms with E-state index >= 15 is 0 Å². The smallest absolute Gasteiger partial charge is 0.238 e. The van der Waals surface area contributed by atoms with Crippen LogP contribution in [0.5, 0.6) is 0 Å². The molecule has 0 saturated heterocycles. The first-order valence-electron chi connectivity index (χ1n) is 6.44. The number of amides is 1. The Labute approximate surface area is 129 Å². The quantitative estimate of drug-likeness (QED) is 0.806. The largest absolute Gasteiger partial charge is 0.372 e. The van der Waals surface area contributed by atoms with Crippen LogP contribution in [-0.4, -0.2) is 24.8 Å². The molecule has 1 aromatic heterocycles. The predicted molar refractivity (Wildman–Crippen MR) is 83.2 cm³/mol. The molecule has 0 aliphatic rings. The molecule has 118 valence electrons. The minimum absolute atomic E-state index is 0.0920. The Morgan fingerprint density at radius 3 is 2.23 bits per heavy atom. The van der Waals surface area contributed by atoms with Crippen LogP contribution in [0.25, 0.3) is 11.3 Å². The van der Waals surface area contributed by atoms with E-state index in [9.17, 15) is 8.42 Å². The van der Waals surface area contributed by atoms with Crippen molar-refractivity contribution in [1.29, 1.82) is 0 Å². The number of rotatable bonds is 3. The van der Waals surface area contributed by atoms with Gasteiger partial charge in [-0.2, -0.15) is 0 Å². The molecule has 1 aromatic carbocycles. The van der Waals surface area contributed by atoms with Crippen LogP contribution in [-0.2, 0) is 21.2 Å². The number of sulfonamides is 1. The van der Waals surface area contributed by atoms with Gasteiger partial charge in [0.25, 0.3) is 0 Å². The number of hydrogen-bond donors (Lipinski definition) is 2. The fourth-order valence-electron chi connectivity index (χ4n) is 1.82. The number of aryl methyl sites for hydroxylation is 2. The van der Waals surface area contributed by atoms with E-state index in [0.717, 1.165) is 29.1 Å². The zero-order valence-corrected chi connectivity index (χ0v) is 13.2. The van der Waals surface area contributed by atoms with Gasteiger partial charge in [-0.15, -0.1) is 0 Å². The second-order valence-corrected chi connectivity index (χ2v) is 5.93. The van der Waals surface area contributed by atoms with Gasteiger partial charge in [-0.3, -0.25) is 14.8 Å². The zero-order valence-electron chi connectivity index (χ0n) is 12.4. The lowest BCUT2D eigenvalue weighted by Crippen LogP contribution is -2.11. The molecule has 0 unspecified atom stereocenters. The molecule has 0 saturated carbocycles. The van der Waals surface area contributed by atoms with Crippen molar-refractivity contribution in [2.24, 2.45) is 10.9 Å². The number of nitrogens with two attached hydrogens (primary N) is 2. The second kappa shape index (κ2) is 7.62. The normalized spacial score (nSPS) is 10.5. The number of aromatic nitrogens is 2. The molecular weight excluding hydrogens is 304 g/mol. The number of carbonyl (C=O) groups is 1. The molecule has 0 aliphatic carbocycles. The second-order valence-electron chi connectivity index (χ2n) is 4.37. The van der Waals surface area contributed by atoms with Crippen LogP contribution >= 0.6 is 0 Å². The number of primary sulfonamides is 1. The number of primary amides is 1. The van der Waals surface area contributed by atoms with Gasteiger partial charge in [0.15, 0.2) is 0 Å². The van der Waals surface area contributed by atoms with Crippen molar-refractivity contribution in [2.45, 2.75) is 25.2 Å². The maximum absolute atomic E-state index is 11.2. The van der Waals surface area contributed by atoms with Crippen LogP contribution in [0.3, 0.4) is 0 Å². The van der Waals surface area contributed by atoms with Crippen LogP contribution in [0.2, 0.25) is 0 Å². The van der Waals surface area contributed by atoms with Crippen molar-refractivity contribution in [3.05, 3.63) is 41.9 Å². The lowest BCUT2D eigenvalue weighted by molar-refractivity contribution is -0.106. The maximum atomic E-state index is 11.2. The van der Waals surface area contributed by atoms with Crippen molar-refractivity contribution >= 4 is 16.4 Å². The molecule has 2 rings (SSSR count). The number of hydrogen-bond acceptors (Lipinski definition) is 5. The highest BCUT2D eigenvalue weighted by molar-refractivity contribution is 7.89. The molecule has 0 aliphatic heterocycles. The van der Waals surface area contributed by atoms with Crippen molar-refractivity contribution in [3.63, 3.8) is 0 Å². The van der Waals surface area contributed by atoms with Crippen LogP contribution in [0, 0.1) is 6.92 Å². The van der Waals surface area contributed by atoms with Crippen molar-refractivity contribution in [3.8, 4) is 11.3 Å². The number of nitrogens with zero attached hydrogens (tertiary/aromatic N) is 2. The van der Waals surface area contributed by atoms with Gasteiger partial charge >= 0.3 is 0 Å². The molecule has 1 heterocycles. The van der Waals surface area contributed by atoms with Crippen molar-refractivity contribution in [1.82, 2.24) is 9.97 Å². The standard InChI is InChI=1S/C13H15N3O2S.CH3NO/c1-3-12-13(15-8-9(2)16-12)10-4-6-11(7-5-10)19(14,17)18;2-1-3/h4-8H,3H2,1-2H3,(H2,14,17,18);1H,(H2,2,3). The monoisotopic (exact) mass is 322 g/mol. The van der Waals surface area contributed by atoms with E-state index in [1.807, 2.05) is 13.8 Å². The molecule has 0 spiro atoms. The third-order valence-corrected chi connectivity index (χ3v) is 3.69. The Kier molecular flexibility index (Phi) is 6.14. The zero-order chi connectivity index (χ0) is 16.8. The minimum Gasteiger partial charge on any atom is -0.372 e. The molecule has 1 amide bonds. The molecule has 0 fully saturated rings. The van der Waals surface area contributed by atoms with Crippen molar-refractivity contribution in [2.75, 3.05) is 0 Å². The molecule has 4 N–H and O–H groups in total. The summed E-state index contributed by atoms with van der Waals surface area (Å²) in [5.41, 5.74) is 7.52. The van der Waals surface area contributed by atoms with Gasteiger partial charge in [-0.05, 0) is 25.5 Å². The fraction of sp³-hybridized carbons (Fsp3) is 0.214. The van der Waals surface area contributed by atoms with E-state index in [-0.39, 0.29) is 11.3 Å². The van der Waals surface area contributed by atoms with E-state index in [4.69, 9.17) is 9.93 Å². The summed E-state index contributed by atoms with van der Waals surface area (Å²) in [5.74, 6) is 0. The summed E-state index contributed by atoms with van der Waals surface area (Å²) in [5, 5.41) is 5.07. The number of benzene rings is 1. The lowest BCUT2D eigenvalue weighted by Gasteiger charge is -2.07. The van der Waals surface area contributed by atoms with Crippen LogP contribution in [0.15, 0.2) is 35.4 Å². The summed E-state index contributed by atoms with van der Waals surface area (Å²) in [6.45, 7) is 3.89. The van der Waals surface area contributed by atoms with E-state index < -0.39 is 10.0 Å². The Morgan fingerprint density at radius 1 is 1.23 bits per heavy atom. The maximum Gasteiger partial charge on any atom is 0.238 e. The molecule has 7 nitrogen and oxygen atoms in total. The molecule has 8 heteroatoms. The third-order valence-electron chi connectivity index (χ3n) is 2.76. The lowest BCUT2D eigenvalue weighted by atomic mass is 10.1. The topological polar surface area (TPSA) is 129 Å². The summed E-state index contributed by atoms with van der Waals surface area (Å²) in [4.78, 5) is 17.5. The number of carbonyl (C=O) groups excluding carboxylic acids is 1. The molecule has 2 aromatic rings. The predicted octanol–water partition coefficient (Wildman–Crippen LogP) is 0.763. The van der Waals surface area contributed by atoms with Crippen LogP contribution < -0.4 is 10.9 Å². The van der Waals surface area contributed by atoms with Gasteiger partial charge in [0.1, 0.15) is 0 Å². The summed E-state index contributed by atoms with van der Waals surface area (Å²) in [7, 11) is -3.66. The Morgan fingerprint density at radius 2 is 1.77 bits per heavy atom. The molecule has 0 bridgehead atoms.